The van der Waals surface area contributed by atoms with Crippen molar-refractivity contribution in [3.63, 3.8) is 0 Å². The van der Waals surface area contributed by atoms with Gasteiger partial charge in [0.05, 0.1) is 5.52 Å². The third-order valence-corrected chi connectivity index (χ3v) is 3.75. The number of hydrogen-bond donors (Lipinski definition) is 1. The van der Waals surface area contributed by atoms with E-state index in [1.54, 1.807) is 42.5 Å². The fourth-order valence-electron chi connectivity index (χ4n) is 2.25. The van der Waals surface area contributed by atoms with E-state index in [-0.39, 0.29) is 11.6 Å². The lowest BCUT2D eigenvalue weighted by Crippen LogP contribution is -2.17. The molecule has 0 aliphatic heterocycles. The number of fused-ring (bicyclic) bond motifs is 1. The smallest absolute Gasteiger partial charge is 0.353 e. The van der Waals surface area contributed by atoms with Crippen LogP contribution in [0.5, 0.6) is 0 Å². The number of benzene rings is 2. The molecule has 0 aliphatic carbocycles. The van der Waals surface area contributed by atoms with E-state index < -0.39 is 5.97 Å². The first-order valence-electron chi connectivity index (χ1n) is 6.22. The Morgan fingerprint density at radius 3 is 2.33 bits per heavy atom. The molecule has 0 saturated heterocycles. The minimum absolute atomic E-state index is 0.0379. The number of para-hydroxylation sites is 1. The highest BCUT2D eigenvalue weighted by Crippen LogP contribution is 2.22. The van der Waals surface area contributed by atoms with Crippen LogP contribution in [0.1, 0.15) is 20.8 Å². The molecule has 0 fully saturated rings. The van der Waals surface area contributed by atoms with E-state index in [1.165, 1.54) is 10.6 Å². The SMILES string of the molecule is O=C(O)c1cc2ccccc2n1C(=O)c1ccc(Br)cc1. The Balaban J connectivity index is 2.23. The number of carbonyl (C=O) groups excluding carboxylic acids is 1. The van der Waals surface area contributed by atoms with E-state index in [0.29, 0.717) is 11.1 Å². The molecule has 0 aliphatic rings. The van der Waals surface area contributed by atoms with Gasteiger partial charge < -0.3 is 5.11 Å². The molecule has 5 heteroatoms. The summed E-state index contributed by atoms with van der Waals surface area (Å²) < 4.78 is 2.09. The van der Waals surface area contributed by atoms with E-state index in [0.717, 1.165) is 9.86 Å². The van der Waals surface area contributed by atoms with Crippen LogP contribution < -0.4 is 0 Å². The Labute approximate surface area is 128 Å². The molecule has 4 nitrogen and oxygen atoms in total. The van der Waals surface area contributed by atoms with Gasteiger partial charge in [-0.3, -0.25) is 9.36 Å². The summed E-state index contributed by atoms with van der Waals surface area (Å²) in [6.45, 7) is 0. The predicted octanol–water partition coefficient (Wildman–Crippen LogP) is 3.79. The molecule has 0 bridgehead atoms. The molecule has 0 spiro atoms. The number of rotatable bonds is 2. The highest BCUT2D eigenvalue weighted by atomic mass is 79.9. The molecule has 0 unspecified atom stereocenters. The van der Waals surface area contributed by atoms with E-state index in [2.05, 4.69) is 15.9 Å². The number of hydrogen-bond acceptors (Lipinski definition) is 2. The fraction of sp³-hybridized carbons (Fsp3) is 0. The quantitative estimate of drug-likeness (QED) is 0.769. The minimum atomic E-state index is -1.13. The predicted molar refractivity (Wildman–Crippen MR) is 82.8 cm³/mol. The molecule has 1 heterocycles. The van der Waals surface area contributed by atoms with Gasteiger partial charge in [-0.05, 0) is 36.4 Å². The van der Waals surface area contributed by atoms with Crippen molar-refractivity contribution in [2.24, 2.45) is 0 Å². The molecule has 1 aromatic heterocycles. The summed E-state index contributed by atoms with van der Waals surface area (Å²) in [4.78, 5) is 24.0. The first kappa shape index (κ1) is 13.6. The van der Waals surface area contributed by atoms with Gasteiger partial charge in [-0.1, -0.05) is 34.1 Å². The van der Waals surface area contributed by atoms with Crippen molar-refractivity contribution < 1.29 is 14.7 Å². The van der Waals surface area contributed by atoms with Crippen molar-refractivity contribution in [3.8, 4) is 0 Å². The van der Waals surface area contributed by atoms with Gasteiger partial charge in [-0.25, -0.2) is 4.79 Å². The van der Waals surface area contributed by atoms with Gasteiger partial charge in [0.1, 0.15) is 5.69 Å². The summed E-state index contributed by atoms with van der Waals surface area (Å²) in [5.41, 5.74) is 0.981. The lowest BCUT2D eigenvalue weighted by Gasteiger charge is -2.07. The summed E-state index contributed by atoms with van der Waals surface area (Å²) in [5, 5.41) is 10.0. The van der Waals surface area contributed by atoms with E-state index in [1.807, 2.05) is 6.07 Å². The molecule has 0 saturated carbocycles. The van der Waals surface area contributed by atoms with Crippen LogP contribution in [0.3, 0.4) is 0 Å². The minimum Gasteiger partial charge on any atom is -0.477 e. The number of carbonyl (C=O) groups is 2. The normalized spacial score (nSPS) is 10.7. The second kappa shape index (κ2) is 5.18. The highest BCUT2D eigenvalue weighted by Gasteiger charge is 2.20. The van der Waals surface area contributed by atoms with Crippen LogP contribution in [0, 0.1) is 0 Å². The third kappa shape index (κ3) is 2.36. The summed E-state index contributed by atoms with van der Waals surface area (Å²) >= 11 is 3.31. The summed E-state index contributed by atoms with van der Waals surface area (Å²) in [7, 11) is 0. The zero-order valence-electron chi connectivity index (χ0n) is 10.8. The van der Waals surface area contributed by atoms with Crippen molar-refractivity contribution in [1.82, 2.24) is 4.57 Å². The summed E-state index contributed by atoms with van der Waals surface area (Å²) in [6, 6.07) is 15.4. The maximum atomic E-state index is 12.6. The van der Waals surface area contributed by atoms with Crippen LogP contribution in [0.4, 0.5) is 0 Å². The number of carboxylic acids is 1. The Morgan fingerprint density at radius 1 is 1.00 bits per heavy atom. The van der Waals surface area contributed by atoms with Crippen molar-refractivity contribution in [1.29, 1.82) is 0 Å². The molecule has 2 aromatic carbocycles. The Kier molecular flexibility index (Phi) is 3.35. The third-order valence-electron chi connectivity index (χ3n) is 3.22. The Bertz CT molecular complexity index is 850. The second-order valence-electron chi connectivity index (χ2n) is 4.54. The molecule has 0 amide bonds. The van der Waals surface area contributed by atoms with Gasteiger partial charge in [0.25, 0.3) is 5.91 Å². The van der Waals surface area contributed by atoms with Crippen LogP contribution in [-0.4, -0.2) is 21.6 Å². The summed E-state index contributed by atoms with van der Waals surface area (Å²) in [5.74, 6) is -1.49. The molecule has 1 N–H and O–H groups in total. The Morgan fingerprint density at radius 2 is 1.67 bits per heavy atom. The molecule has 3 aromatic rings. The van der Waals surface area contributed by atoms with Crippen molar-refractivity contribution in [2.75, 3.05) is 0 Å². The summed E-state index contributed by atoms with van der Waals surface area (Å²) in [6.07, 6.45) is 0. The maximum Gasteiger partial charge on any atom is 0.353 e. The maximum absolute atomic E-state index is 12.6. The molecular formula is C16H10BrNO3. The van der Waals surface area contributed by atoms with E-state index >= 15 is 0 Å². The molecule has 0 atom stereocenters. The first-order chi connectivity index (χ1) is 10.1. The number of carboxylic acid groups (broad SMARTS) is 1. The van der Waals surface area contributed by atoms with Crippen LogP contribution in [0.2, 0.25) is 0 Å². The fourth-order valence-corrected chi connectivity index (χ4v) is 2.52. The lowest BCUT2D eigenvalue weighted by atomic mass is 10.2. The number of aromatic nitrogens is 1. The number of nitrogens with zero attached hydrogens (tertiary/aromatic N) is 1. The van der Waals surface area contributed by atoms with Crippen molar-refractivity contribution in [3.05, 3.63) is 70.3 Å². The topological polar surface area (TPSA) is 59.3 Å². The standard InChI is InChI=1S/C16H10BrNO3/c17-12-7-5-10(6-8-12)15(19)18-13-4-2-1-3-11(13)9-14(18)16(20)21/h1-9H,(H,20,21). The zero-order valence-corrected chi connectivity index (χ0v) is 12.4. The largest absolute Gasteiger partial charge is 0.477 e. The van der Waals surface area contributed by atoms with Gasteiger partial charge in [0.15, 0.2) is 0 Å². The molecule has 21 heavy (non-hydrogen) atoms. The van der Waals surface area contributed by atoms with Gasteiger partial charge in [-0.2, -0.15) is 0 Å². The highest BCUT2D eigenvalue weighted by molar-refractivity contribution is 9.10. The van der Waals surface area contributed by atoms with Crippen LogP contribution in [-0.2, 0) is 0 Å². The molecular weight excluding hydrogens is 334 g/mol. The molecule has 0 radical (unpaired) electrons. The average Bonchev–Trinajstić information content (AvgIpc) is 2.87. The van der Waals surface area contributed by atoms with Gasteiger partial charge in [0, 0.05) is 15.4 Å². The van der Waals surface area contributed by atoms with Crippen LogP contribution in [0.15, 0.2) is 59.1 Å². The van der Waals surface area contributed by atoms with Crippen molar-refractivity contribution >= 4 is 38.7 Å². The van der Waals surface area contributed by atoms with Crippen LogP contribution >= 0.6 is 15.9 Å². The average molecular weight is 344 g/mol. The molecule has 3 rings (SSSR count). The van der Waals surface area contributed by atoms with Gasteiger partial charge >= 0.3 is 5.97 Å². The first-order valence-corrected chi connectivity index (χ1v) is 7.01. The lowest BCUT2D eigenvalue weighted by molar-refractivity contribution is 0.0677. The van der Waals surface area contributed by atoms with Crippen LogP contribution in [0.25, 0.3) is 10.9 Å². The van der Waals surface area contributed by atoms with Crippen molar-refractivity contribution in [2.45, 2.75) is 0 Å². The van der Waals surface area contributed by atoms with E-state index in [9.17, 15) is 14.7 Å². The number of aromatic carboxylic acids is 1. The monoisotopic (exact) mass is 343 g/mol. The number of halogens is 1. The Hall–Kier alpha value is -2.40. The zero-order chi connectivity index (χ0) is 15.0. The molecule has 104 valence electrons. The van der Waals surface area contributed by atoms with E-state index in [4.69, 9.17) is 0 Å². The van der Waals surface area contributed by atoms with Gasteiger partial charge in [-0.15, -0.1) is 0 Å². The van der Waals surface area contributed by atoms with Gasteiger partial charge in [0.2, 0.25) is 0 Å². The second-order valence-corrected chi connectivity index (χ2v) is 5.46.